The zero-order chi connectivity index (χ0) is 23.2. The van der Waals surface area contributed by atoms with Crippen LogP contribution in [0, 0.1) is 0 Å². The van der Waals surface area contributed by atoms with Crippen LogP contribution in [0.4, 0.5) is 5.69 Å². The van der Waals surface area contributed by atoms with E-state index in [1.54, 1.807) is 24.3 Å². The number of halogens is 1. The van der Waals surface area contributed by atoms with Gasteiger partial charge in [-0.25, -0.2) is 0 Å². The Kier molecular flexibility index (Phi) is 7.41. The summed E-state index contributed by atoms with van der Waals surface area (Å²) in [5.74, 6) is 1.03. The van der Waals surface area contributed by atoms with Crippen LogP contribution in [0.5, 0.6) is 11.5 Å². The van der Waals surface area contributed by atoms with E-state index < -0.39 is 0 Å². The molecule has 2 aromatic carbocycles. The Labute approximate surface area is 200 Å². The van der Waals surface area contributed by atoms with Crippen molar-refractivity contribution in [3.05, 3.63) is 63.1 Å². The number of aromatic nitrogens is 2. The summed E-state index contributed by atoms with van der Waals surface area (Å²) in [5.41, 5.74) is 1.54. The summed E-state index contributed by atoms with van der Waals surface area (Å²) in [6, 6.07) is 12.4. The molecule has 0 aliphatic carbocycles. The molecule has 0 fully saturated rings. The van der Waals surface area contributed by atoms with E-state index in [-0.39, 0.29) is 22.9 Å². The molecule has 33 heavy (non-hydrogen) atoms. The highest BCUT2D eigenvalue weighted by molar-refractivity contribution is 7.13. The van der Waals surface area contributed by atoms with Gasteiger partial charge in [0.15, 0.2) is 11.5 Å². The van der Waals surface area contributed by atoms with Crippen molar-refractivity contribution in [1.82, 2.24) is 15.5 Å². The Bertz CT molecular complexity index is 1150. The maximum absolute atomic E-state index is 12.4. The number of aryl methyl sites for hydroxylation is 1. The molecule has 0 bridgehead atoms. The van der Waals surface area contributed by atoms with E-state index in [0.717, 1.165) is 11.3 Å². The molecule has 2 heterocycles. The van der Waals surface area contributed by atoms with E-state index in [9.17, 15) is 9.59 Å². The second-order valence-corrected chi connectivity index (χ2v) is 9.01. The number of hydrogen-bond acceptors (Lipinski definition) is 7. The molecule has 0 spiro atoms. The standard InChI is InChI=1S/C23H23ClN4O4S/c1-14(15-8-9-18-19(12-15)32-11-10-31-18)25-20(29)6-3-7-21-27-28-23(33-21)22(30)26-17-5-2-4-16(24)13-17/h2,4-5,8-9,12-14H,3,6-7,10-11H2,1H3,(H,25,29)(H,26,30)/t14-/m0/s1. The van der Waals surface area contributed by atoms with Gasteiger partial charge >= 0.3 is 0 Å². The average Bonchev–Trinajstić information content (AvgIpc) is 3.28. The Hall–Kier alpha value is -3.17. The number of nitrogens with zero attached hydrogens (tertiary/aromatic N) is 2. The molecule has 3 aromatic rings. The molecular formula is C23H23ClN4O4S. The molecule has 0 saturated carbocycles. The van der Waals surface area contributed by atoms with E-state index in [1.165, 1.54) is 11.3 Å². The summed E-state index contributed by atoms with van der Waals surface area (Å²) in [7, 11) is 0. The number of amides is 2. The van der Waals surface area contributed by atoms with E-state index in [4.69, 9.17) is 21.1 Å². The lowest BCUT2D eigenvalue weighted by Crippen LogP contribution is -2.26. The van der Waals surface area contributed by atoms with Gasteiger partial charge in [-0.15, -0.1) is 10.2 Å². The van der Waals surface area contributed by atoms with Crippen molar-refractivity contribution in [2.75, 3.05) is 18.5 Å². The maximum atomic E-state index is 12.4. The molecule has 1 aliphatic heterocycles. The van der Waals surface area contributed by atoms with Crippen molar-refractivity contribution in [2.24, 2.45) is 0 Å². The van der Waals surface area contributed by atoms with E-state index in [2.05, 4.69) is 20.8 Å². The number of benzene rings is 2. The van der Waals surface area contributed by atoms with Gasteiger partial charge in [0.25, 0.3) is 5.91 Å². The van der Waals surface area contributed by atoms with Gasteiger partial charge in [-0.2, -0.15) is 0 Å². The molecule has 1 aliphatic rings. The molecule has 10 heteroatoms. The van der Waals surface area contributed by atoms with E-state index in [0.29, 0.717) is 53.9 Å². The summed E-state index contributed by atoms with van der Waals surface area (Å²) in [5, 5.41) is 15.3. The molecule has 0 saturated heterocycles. The topological polar surface area (TPSA) is 102 Å². The van der Waals surface area contributed by atoms with Gasteiger partial charge in [-0.3, -0.25) is 9.59 Å². The van der Waals surface area contributed by atoms with Crippen LogP contribution in [-0.4, -0.2) is 35.2 Å². The fourth-order valence-electron chi connectivity index (χ4n) is 3.32. The third-order valence-corrected chi connectivity index (χ3v) is 6.20. The lowest BCUT2D eigenvalue weighted by molar-refractivity contribution is -0.121. The second-order valence-electron chi connectivity index (χ2n) is 7.51. The highest BCUT2D eigenvalue weighted by Gasteiger charge is 2.17. The first-order chi connectivity index (χ1) is 16.0. The van der Waals surface area contributed by atoms with Crippen LogP contribution in [0.2, 0.25) is 5.02 Å². The number of fused-ring (bicyclic) bond motifs is 1. The minimum Gasteiger partial charge on any atom is -0.486 e. The summed E-state index contributed by atoms with van der Waals surface area (Å²) in [6.07, 6.45) is 1.51. The van der Waals surface area contributed by atoms with Crippen molar-refractivity contribution in [3.63, 3.8) is 0 Å². The summed E-state index contributed by atoms with van der Waals surface area (Å²) in [6.45, 7) is 2.99. The van der Waals surface area contributed by atoms with Crippen LogP contribution in [0.1, 0.15) is 46.2 Å². The first-order valence-electron chi connectivity index (χ1n) is 10.6. The monoisotopic (exact) mass is 486 g/mol. The molecule has 1 aromatic heterocycles. The minimum atomic E-state index is -0.341. The number of carbonyl (C=O) groups excluding carboxylic acids is 2. The SMILES string of the molecule is C[C@H](NC(=O)CCCc1nnc(C(=O)Nc2cccc(Cl)c2)s1)c1ccc2c(c1)OCCO2. The molecule has 172 valence electrons. The fraction of sp³-hybridized carbons (Fsp3) is 0.304. The Balaban J connectivity index is 1.23. The fourth-order valence-corrected chi connectivity index (χ4v) is 4.29. The van der Waals surface area contributed by atoms with Crippen molar-refractivity contribution in [2.45, 2.75) is 32.2 Å². The number of anilines is 1. The molecule has 4 rings (SSSR count). The molecular weight excluding hydrogens is 464 g/mol. The van der Waals surface area contributed by atoms with Gasteiger partial charge < -0.3 is 20.1 Å². The van der Waals surface area contributed by atoms with Crippen molar-refractivity contribution < 1.29 is 19.1 Å². The number of ether oxygens (including phenoxy) is 2. The van der Waals surface area contributed by atoms with Crippen LogP contribution in [-0.2, 0) is 11.2 Å². The number of hydrogen-bond donors (Lipinski definition) is 2. The maximum Gasteiger partial charge on any atom is 0.286 e. The predicted molar refractivity (Wildman–Crippen MR) is 126 cm³/mol. The van der Waals surface area contributed by atoms with Crippen molar-refractivity contribution >= 4 is 40.4 Å². The van der Waals surface area contributed by atoms with Gasteiger partial charge in [-0.05, 0) is 49.2 Å². The Morgan fingerprint density at radius 2 is 1.94 bits per heavy atom. The van der Waals surface area contributed by atoms with Gasteiger partial charge in [0.05, 0.1) is 6.04 Å². The average molecular weight is 487 g/mol. The lowest BCUT2D eigenvalue weighted by Gasteiger charge is -2.21. The number of rotatable bonds is 8. The Morgan fingerprint density at radius 3 is 2.76 bits per heavy atom. The predicted octanol–water partition coefficient (Wildman–Crippen LogP) is 4.42. The van der Waals surface area contributed by atoms with Crippen LogP contribution < -0.4 is 20.1 Å². The summed E-state index contributed by atoms with van der Waals surface area (Å²) >= 11 is 7.15. The van der Waals surface area contributed by atoms with Crippen LogP contribution in [0.3, 0.4) is 0 Å². The largest absolute Gasteiger partial charge is 0.486 e. The zero-order valence-corrected chi connectivity index (χ0v) is 19.5. The smallest absolute Gasteiger partial charge is 0.286 e. The van der Waals surface area contributed by atoms with E-state index in [1.807, 2.05) is 25.1 Å². The third kappa shape index (κ3) is 6.21. The van der Waals surface area contributed by atoms with Crippen molar-refractivity contribution in [1.29, 1.82) is 0 Å². The summed E-state index contributed by atoms with van der Waals surface area (Å²) in [4.78, 5) is 24.7. The molecule has 8 nitrogen and oxygen atoms in total. The minimum absolute atomic E-state index is 0.0548. The third-order valence-electron chi connectivity index (χ3n) is 4.98. The number of nitrogens with one attached hydrogen (secondary N) is 2. The van der Waals surface area contributed by atoms with Crippen LogP contribution >= 0.6 is 22.9 Å². The first kappa shape index (κ1) is 23.0. The summed E-state index contributed by atoms with van der Waals surface area (Å²) < 4.78 is 11.1. The molecule has 1 atom stereocenters. The van der Waals surface area contributed by atoms with Gasteiger partial charge in [-0.1, -0.05) is 35.1 Å². The Morgan fingerprint density at radius 1 is 1.12 bits per heavy atom. The molecule has 2 N–H and O–H groups in total. The van der Waals surface area contributed by atoms with Gasteiger partial charge in [0.2, 0.25) is 10.9 Å². The lowest BCUT2D eigenvalue weighted by atomic mass is 10.1. The normalized spacial score (nSPS) is 13.3. The number of carbonyl (C=O) groups is 2. The van der Waals surface area contributed by atoms with Crippen molar-refractivity contribution in [3.8, 4) is 11.5 Å². The highest BCUT2D eigenvalue weighted by atomic mass is 35.5. The van der Waals surface area contributed by atoms with Gasteiger partial charge in [0, 0.05) is 23.6 Å². The molecule has 0 radical (unpaired) electrons. The second kappa shape index (κ2) is 10.6. The van der Waals surface area contributed by atoms with Crippen LogP contribution in [0.25, 0.3) is 0 Å². The molecule has 0 unspecified atom stereocenters. The highest BCUT2D eigenvalue weighted by Crippen LogP contribution is 2.32. The van der Waals surface area contributed by atoms with Gasteiger partial charge in [0.1, 0.15) is 18.2 Å². The van der Waals surface area contributed by atoms with E-state index >= 15 is 0 Å². The quantitative estimate of drug-likeness (QED) is 0.488. The molecule has 2 amide bonds. The van der Waals surface area contributed by atoms with Crippen LogP contribution in [0.15, 0.2) is 42.5 Å². The first-order valence-corrected chi connectivity index (χ1v) is 11.8. The zero-order valence-electron chi connectivity index (χ0n) is 18.0.